The molecule has 9 heteroatoms. The van der Waals surface area contributed by atoms with Crippen LogP contribution in [0.5, 0.6) is 17.2 Å². The molecule has 1 amide bonds. The van der Waals surface area contributed by atoms with Crippen molar-refractivity contribution >= 4 is 44.1 Å². The number of benzene rings is 3. The lowest BCUT2D eigenvalue weighted by atomic mass is 9.95. The fourth-order valence-electron chi connectivity index (χ4n) is 4.82. The molecular weight excluding hydrogens is 504 g/mol. The number of aliphatic hydroxyl groups excluding tert-OH is 1. The van der Waals surface area contributed by atoms with Gasteiger partial charge in [-0.1, -0.05) is 47.7 Å². The average Bonchev–Trinajstić information content (AvgIpc) is 3.46. The lowest BCUT2D eigenvalue weighted by molar-refractivity contribution is -0.132. The van der Waals surface area contributed by atoms with Gasteiger partial charge in [-0.3, -0.25) is 14.5 Å². The summed E-state index contributed by atoms with van der Waals surface area (Å²) in [5, 5.41) is 11.7. The highest BCUT2D eigenvalue weighted by Crippen LogP contribution is 2.48. The summed E-state index contributed by atoms with van der Waals surface area (Å²) in [5.41, 5.74) is 3.64. The Bertz CT molecular complexity index is 1580. The molecule has 0 aliphatic carbocycles. The molecule has 0 saturated carbocycles. The zero-order valence-electron chi connectivity index (χ0n) is 21.6. The molecule has 1 aliphatic rings. The number of rotatable bonds is 6. The summed E-state index contributed by atoms with van der Waals surface area (Å²) in [6, 6.07) is 15.0. The number of anilines is 1. The Hall–Kier alpha value is -4.37. The van der Waals surface area contributed by atoms with Gasteiger partial charge in [0, 0.05) is 5.56 Å². The van der Waals surface area contributed by atoms with Crippen molar-refractivity contribution in [1.82, 2.24) is 4.98 Å². The SMILES string of the molecule is COc1cc(C2C(=C(O)c3ccccc3)C(=O)C(=O)N2c2nc3c(C)cc(C)cc3s2)cc(OC)c1OC. The number of ketones is 1. The Kier molecular flexibility index (Phi) is 6.54. The monoisotopic (exact) mass is 530 g/mol. The molecule has 8 nitrogen and oxygen atoms in total. The zero-order valence-corrected chi connectivity index (χ0v) is 22.4. The van der Waals surface area contributed by atoms with Gasteiger partial charge in [0.05, 0.1) is 43.2 Å². The summed E-state index contributed by atoms with van der Waals surface area (Å²) in [6.07, 6.45) is 0. The maximum atomic E-state index is 13.6. The Morgan fingerprint density at radius 1 is 0.947 bits per heavy atom. The highest BCUT2D eigenvalue weighted by atomic mass is 32.1. The fourth-order valence-corrected chi connectivity index (χ4v) is 5.99. The zero-order chi connectivity index (χ0) is 27.1. The number of hydrogen-bond acceptors (Lipinski definition) is 8. The molecule has 1 fully saturated rings. The number of fused-ring (bicyclic) bond motifs is 1. The van der Waals surface area contributed by atoms with Gasteiger partial charge in [-0.05, 0) is 48.7 Å². The van der Waals surface area contributed by atoms with Crippen LogP contribution in [0.1, 0.15) is 28.3 Å². The fraction of sp³-hybridized carbons (Fsp3) is 0.207. The van der Waals surface area contributed by atoms with Gasteiger partial charge in [-0.15, -0.1) is 0 Å². The number of aromatic nitrogens is 1. The molecular formula is C29H26N2O6S. The van der Waals surface area contributed by atoms with Crippen LogP contribution in [0.25, 0.3) is 16.0 Å². The van der Waals surface area contributed by atoms with Crippen molar-refractivity contribution in [3.8, 4) is 17.2 Å². The molecule has 1 aliphatic heterocycles. The number of carbonyl (C=O) groups excluding carboxylic acids is 2. The Labute approximate surface area is 223 Å². The number of aryl methyl sites for hydroxylation is 2. The summed E-state index contributed by atoms with van der Waals surface area (Å²) in [6.45, 7) is 3.95. The van der Waals surface area contributed by atoms with Crippen molar-refractivity contribution in [2.45, 2.75) is 19.9 Å². The minimum atomic E-state index is -0.995. The van der Waals surface area contributed by atoms with Gasteiger partial charge in [0.2, 0.25) is 5.75 Å². The maximum absolute atomic E-state index is 13.6. The number of methoxy groups -OCH3 is 3. The third-order valence-electron chi connectivity index (χ3n) is 6.52. The first-order valence-corrected chi connectivity index (χ1v) is 12.6. The highest BCUT2D eigenvalue weighted by molar-refractivity contribution is 7.22. The lowest BCUT2D eigenvalue weighted by Gasteiger charge is -2.24. The smallest absolute Gasteiger partial charge is 0.301 e. The molecule has 1 saturated heterocycles. The molecule has 38 heavy (non-hydrogen) atoms. The Morgan fingerprint density at radius 2 is 1.61 bits per heavy atom. The van der Waals surface area contributed by atoms with Crippen LogP contribution in [0.15, 0.2) is 60.2 Å². The van der Waals surface area contributed by atoms with Crippen molar-refractivity contribution in [3.63, 3.8) is 0 Å². The number of ether oxygens (including phenoxy) is 3. The van der Waals surface area contributed by atoms with Gasteiger partial charge in [0.1, 0.15) is 5.76 Å². The Balaban J connectivity index is 1.80. The first kappa shape index (κ1) is 25.3. The van der Waals surface area contributed by atoms with E-state index in [-0.39, 0.29) is 11.3 Å². The largest absolute Gasteiger partial charge is 0.507 e. The molecule has 5 rings (SSSR count). The molecule has 1 aromatic heterocycles. The summed E-state index contributed by atoms with van der Waals surface area (Å²) in [5.74, 6) is -0.805. The standard InChI is InChI=1S/C29H26N2O6S/c1-15-11-16(2)23-21(12-15)38-29(30-23)31-24(18-13-19(35-3)27(37-5)20(14-18)36-4)22(26(33)28(31)34)25(32)17-9-7-6-8-10-17/h6-14,24,32H,1-5H3. The van der Waals surface area contributed by atoms with Crippen LogP contribution in [-0.2, 0) is 9.59 Å². The van der Waals surface area contributed by atoms with Gasteiger partial charge >= 0.3 is 5.91 Å². The molecule has 0 spiro atoms. The van der Waals surface area contributed by atoms with Crippen LogP contribution >= 0.6 is 11.3 Å². The number of amides is 1. The van der Waals surface area contributed by atoms with Gasteiger partial charge in [0.25, 0.3) is 5.78 Å². The van der Waals surface area contributed by atoms with Crippen LogP contribution in [-0.4, -0.2) is 43.1 Å². The predicted molar refractivity (Wildman–Crippen MR) is 146 cm³/mol. The number of Topliss-reactive ketones (excluding diaryl/α,β-unsaturated/α-hetero) is 1. The molecule has 2 heterocycles. The van der Waals surface area contributed by atoms with E-state index >= 15 is 0 Å². The van der Waals surface area contributed by atoms with E-state index in [9.17, 15) is 14.7 Å². The van der Waals surface area contributed by atoms with Gasteiger partial charge in [-0.25, -0.2) is 4.98 Å². The first-order chi connectivity index (χ1) is 18.3. The van der Waals surface area contributed by atoms with E-state index in [1.165, 1.54) is 37.6 Å². The van der Waals surface area contributed by atoms with E-state index in [1.54, 1.807) is 42.5 Å². The normalized spacial score (nSPS) is 16.8. The van der Waals surface area contributed by atoms with Crippen LogP contribution in [0.2, 0.25) is 0 Å². The highest BCUT2D eigenvalue weighted by Gasteiger charge is 2.48. The van der Waals surface area contributed by atoms with Crippen molar-refractivity contribution in [2.24, 2.45) is 0 Å². The molecule has 4 aromatic rings. The number of carbonyl (C=O) groups is 2. The van der Waals surface area contributed by atoms with Gasteiger partial charge < -0.3 is 19.3 Å². The van der Waals surface area contributed by atoms with Gasteiger partial charge in [-0.2, -0.15) is 0 Å². The van der Waals surface area contributed by atoms with E-state index in [0.717, 1.165) is 21.3 Å². The molecule has 0 radical (unpaired) electrons. The maximum Gasteiger partial charge on any atom is 0.301 e. The molecule has 3 aromatic carbocycles. The number of aliphatic hydroxyl groups is 1. The number of nitrogens with zero attached hydrogens (tertiary/aromatic N) is 2. The van der Waals surface area contributed by atoms with Crippen LogP contribution < -0.4 is 19.1 Å². The molecule has 1 atom stereocenters. The second-order valence-corrected chi connectivity index (χ2v) is 9.93. The van der Waals surface area contributed by atoms with Crippen molar-refractivity contribution in [1.29, 1.82) is 0 Å². The average molecular weight is 531 g/mol. The Morgan fingerprint density at radius 3 is 2.21 bits per heavy atom. The summed E-state index contributed by atoms with van der Waals surface area (Å²) in [7, 11) is 4.47. The second kappa shape index (κ2) is 9.83. The third kappa shape index (κ3) is 4.05. The minimum Gasteiger partial charge on any atom is -0.507 e. The molecule has 1 unspecified atom stereocenters. The van der Waals surface area contributed by atoms with E-state index < -0.39 is 17.7 Å². The predicted octanol–water partition coefficient (Wildman–Crippen LogP) is 5.57. The van der Waals surface area contributed by atoms with E-state index in [1.807, 2.05) is 26.0 Å². The quantitative estimate of drug-likeness (QED) is 0.198. The summed E-state index contributed by atoms with van der Waals surface area (Å²) < 4.78 is 17.5. The van der Waals surface area contributed by atoms with Crippen LogP contribution in [0, 0.1) is 13.8 Å². The van der Waals surface area contributed by atoms with E-state index in [4.69, 9.17) is 19.2 Å². The number of thiazole rings is 1. The minimum absolute atomic E-state index is 0.0531. The molecule has 1 N–H and O–H groups in total. The second-order valence-electron chi connectivity index (χ2n) is 8.92. The van der Waals surface area contributed by atoms with Crippen molar-refractivity contribution < 1.29 is 28.9 Å². The first-order valence-electron chi connectivity index (χ1n) is 11.8. The van der Waals surface area contributed by atoms with Crippen LogP contribution in [0.3, 0.4) is 0 Å². The lowest BCUT2D eigenvalue weighted by Crippen LogP contribution is -2.29. The topological polar surface area (TPSA) is 98.2 Å². The molecule has 194 valence electrons. The van der Waals surface area contributed by atoms with Crippen LogP contribution in [0.4, 0.5) is 5.13 Å². The van der Waals surface area contributed by atoms with E-state index in [0.29, 0.717) is 33.5 Å². The van der Waals surface area contributed by atoms with Gasteiger partial charge in [0.15, 0.2) is 16.6 Å². The molecule has 0 bridgehead atoms. The van der Waals surface area contributed by atoms with Crippen molar-refractivity contribution in [3.05, 3.63) is 82.4 Å². The summed E-state index contributed by atoms with van der Waals surface area (Å²) in [4.78, 5) is 33.2. The van der Waals surface area contributed by atoms with E-state index in [2.05, 4.69) is 0 Å². The third-order valence-corrected chi connectivity index (χ3v) is 7.52. The summed E-state index contributed by atoms with van der Waals surface area (Å²) >= 11 is 1.31. The number of hydrogen-bond donors (Lipinski definition) is 1. The van der Waals surface area contributed by atoms with Crippen molar-refractivity contribution in [2.75, 3.05) is 26.2 Å².